The Labute approximate surface area is 165 Å². The van der Waals surface area contributed by atoms with Gasteiger partial charge in [-0.15, -0.1) is 0 Å². The molecule has 0 aromatic heterocycles. The number of hydrogen-bond acceptors (Lipinski definition) is 0. The smallest absolute Gasteiger partial charge is 0.166 e. The van der Waals surface area contributed by atoms with Crippen molar-refractivity contribution in [3.8, 4) is 11.8 Å². The third-order valence-electron chi connectivity index (χ3n) is 5.51. The van der Waals surface area contributed by atoms with E-state index in [0.717, 1.165) is 31.4 Å². The van der Waals surface area contributed by atoms with E-state index in [9.17, 15) is 13.2 Å². The van der Waals surface area contributed by atoms with Crippen LogP contribution in [0.25, 0.3) is 0 Å². The lowest BCUT2D eigenvalue weighted by molar-refractivity contribution is -0.137. The molecule has 0 spiro atoms. The molecule has 0 bridgehead atoms. The molecular formula is C25H25F3. The number of rotatable bonds is 3. The van der Waals surface area contributed by atoms with Gasteiger partial charge in [-0.3, -0.25) is 0 Å². The number of alkyl halides is 3. The van der Waals surface area contributed by atoms with Crippen molar-refractivity contribution in [2.45, 2.75) is 51.1 Å². The predicted molar refractivity (Wildman–Crippen MR) is 108 cm³/mol. The van der Waals surface area contributed by atoms with Crippen molar-refractivity contribution in [2.75, 3.05) is 0 Å². The van der Waals surface area contributed by atoms with Gasteiger partial charge in [0.1, 0.15) is 0 Å². The molecule has 3 heteroatoms. The first-order chi connectivity index (χ1) is 13.5. The van der Waals surface area contributed by atoms with Crippen LogP contribution in [0.15, 0.2) is 60.7 Å². The molecule has 0 amide bonds. The van der Waals surface area contributed by atoms with Crippen LogP contribution in [0.5, 0.6) is 0 Å². The average molecular weight is 382 g/mol. The average Bonchev–Trinajstić information content (AvgIpc) is 2.71. The molecule has 1 fully saturated rings. The molecule has 0 radical (unpaired) electrons. The third-order valence-corrected chi connectivity index (χ3v) is 5.51. The highest BCUT2D eigenvalue weighted by Crippen LogP contribution is 2.36. The highest BCUT2D eigenvalue weighted by Gasteiger charge is 2.29. The van der Waals surface area contributed by atoms with Crippen molar-refractivity contribution in [3.05, 3.63) is 82.9 Å². The van der Waals surface area contributed by atoms with Crippen molar-refractivity contribution in [1.82, 2.24) is 0 Å². The molecule has 1 aliphatic carbocycles. The van der Waals surface area contributed by atoms with E-state index in [1.54, 1.807) is 0 Å². The van der Waals surface area contributed by atoms with Crippen LogP contribution < -0.4 is 0 Å². The molecule has 0 aliphatic heterocycles. The molecule has 28 heavy (non-hydrogen) atoms. The molecule has 2 aromatic carbocycles. The monoisotopic (exact) mass is 382 g/mol. The van der Waals surface area contributed by atoms with E-state index < -0.39 is 11.7 Å². The molecule has 146 valence electrons. The van der Waals surface area contributed by atoms with Gasteiger partial charge in [0.25, 0.3) is 0 Å². The van der Waals surface area contributed by atoms with Gasteiger partial charge in [-0.05, 0) is 85.4 Å². The van der Waals surface area contributed by atoms with E-state index in [1.807, 2.05) is 6.08 Å². The van der Waals surface area contributed by atoms with E-state index in [-0.39, 0.29) is 0 Å². The maximum absolute atomic E-state index is 12.6. The minimum absolute atomic E-state index is 0.535. The summed E-state index contributed by atoms with van der Waals surface area (Å²) in [7, 11) is 0. The summed E-state index contributed by atoms with van der Waals surface area (Å²) in [5.41, 5.74) is 2.78. The Morgan fingerprint density at radius 3 is 2.14 bits per heavy atom. The lowest BCUT2D eigenvalue weighted by Gasteiger charge is -2.27. The lowest BCUT2D eigenvalue weighted by atomic mass is 9.78. The van der Waals surface area contributed by atoms with Crippen LogP contribution >= 0.6 is 0 Å². The predicted octanol–water partition coefficient (Wildman–Crippen LogP) is 7.15. The number of hydrogen-bond donors (Lipinski definition) is 0. The summed E-state index contributed by atoms with van der Waals surface area (Å²) in [5.74, 6) is 7.04. The Balaban J connectivity index is 1.49. The van der Waals surface area contributed by atoms with Crippen LogP contribution in [-0.2, 0) is 12.6 Å². The molecule has 3 rings (SSSR count). The zero-order valence-corrected chi connectivity index (χ0v) is 16.1. The van der Waals surface area contributed by atoms with Crippen molar-refractivity contribution in [1.29, 1.82) is 0 Å². The van der Waals surface area contributed by atoms with Crippen LogP contribution in [0.3, 0.4) is 0 Å². The highest BCUT2D eigenvalue weighted by atomic mass is 19.4. The van der Waals surface area contributed by atoms with Crippen molar-refractivity contribution in [3.63, 3.8) is 0 Å². The molecule has 0 N–H and O–H groups in total. The molecular weight excluding hydrogens is 357 g/mol. The molecule has 0 heterocycles. The zero-order valence-electron chi connectivity index (χ0n) is 16.1. The molecule has 2 aromatic rings. The third kappa shape index (κ3) is 5.52. The summed E-state index contributed by atoms with van der Waals surface area (Å²) >= 11 is 0. The highest BCUT2D eigenvalue weighted by molar-refractivity contribution is 5.39. The van der Waals surface area contributed by atoms with Crippen molar-refractivity contribution in [2.24, 2.45) is 5.92 Å². The number of benzene rings is 2. The maximum Gasteiger partial charge on any atom is 0.416 e. The van der Waals surface area contributed by atoms with Crippen LogP contribution in [0.2, 0.25) is 0 Å². The van der Waals surface area contributed by atoms with Gasteiger partial charge in [-0.25, -0.2) is 0 Å². The van der Waals surface area contributed by atoms with Crippen LogP contribution in [0.4, 0.5) is 13.2 Å². The summed E-state index contributed by atoms with van der Waals surface area (Å²) < 4.78 is 37.7. The minimum Gasteiger partial charge on any atom is -0.166 e. The summed E-state index contributed by atoms with van der Waals surface area (Å²) in [6, 6.07) is 14.0. The summed E-state index contributed by atoms with van der Waals surface area (Å²) in [6.07, 6.45) is 5.44. The molecule has 0 unspecified atom stereocenters. The first-order valence-corrected chi connectivity index (χ1v) is 9.90. The van der Waals surface area contributed by atoms with Gasteiger partial charge in [0, 0.05) is 5.56 Å². The second-order valence-corrected chi connectivity index (χ2v) is 7.41. The fourth-order valence-electron chi connectivity index (χ4n) is 3.72. The van der Waals surface area contributed by atoms with Gasteiger partial charge in [-0.1, -0.05) is 49.1 Å². The standard InChI is InChI=1S/C25H25F3/c1-2-19-7-13-22(14-8-19)23-15-9-20(10-16-23)5-3-4-6-21-11-17-24(18-12-21)25(26,27)28/h3,5,7-8,11-14,17-18,20,23H,2,9-10,15-16H2,1H3/t20-,23-. The number of halogens is 3. The maximum atomic E-state index is 12.6. The Bertz CT molecular complexity index is 838. The topological polar surface area (TPSA) is 0 Å². The molecule has 0 saturated heterocycles. The Kier molecular flexibility index (Phi) is 6.62. The van der Waals surface area contributed by atoms with E-state index in [0.29, 0.717) is 17.4 Å². The molecule has 1 aliphatic rings. The summed E-state index contributed by atoms with van der Waals surface area (Å²) in [6.45, 7) is 2.17. The van der Waals surface area contributed by atoms with Gasteiger partial charge in [-0.2, -0.15) is 13.2 Å². The lowest BCUT2D eigenvalue weighted by Crippen LogP contribution is -2.11. The first kappa shape index (κ1) is 20.3. The van der Waals surface area contributed by atoms with Crippen molar-refractivity contribution < 1.29 is 13.2 Å². The fourth-order valence-corrected chi connectivity index (χ4v) is 3.72. The van der Waals surface area contributed by atoms with Gasteiger partial charge < -0.3 is 0 Å². The van der Waals surface area contributed by atoms with Gasteiger partial charge in [0.05, 0.1) is 5.56 Å². The van der Waals surface area contributed by atoms with Crippen molar-refractivity contribution >= 4 is 0 Å². The SMILES string of the molecule is CCc1ccc([C@H]2CC[C@H](C=CC#Cc3ccc(C(F)(F)F)cc3)CC2)cc1. The Hall–Kier alpha value is -2.47. The fraction of sp³-hybridized carbons (Fsp3) is 0.360. The summed E-state index contributed by atoms with van der Waals surface area (Å²) in [4.78, 5) is 0. The van der Waals surface area contributed by atoms with E-state index >= 15 is 0 Å². The van der Waals surface area contributed by atoms with E-state index in [2.05, 4.69) is 49.1 Å². The second kappa shape index (κ2) is 9.15. The zero-order chi connectivity index (χ0) is 20.0. The van der Waals surface area contributed by atoms with E-state index in [4.69, 9.17) is 0 Å². The van der Waals surface area contributed by atoms with Crippen LogP contribution in [-0.4, -0.2) is 0 Å². The first-order valence-electron chi connectivity index (χ1n) is 9.90. The molecule has 0 atom stereocenters. The number of aryl methyl sites for hydroxylation is 1. The normalized spacial score (nSPS) is 20.0. The summed E-state index contributed by atoms with van der Waals surface area (Å²) in [5, 5.41) is 0. The quantitative estimate of drug-likeness (QED) is 0.495. The second-order valence-electron chi connectivity index (χ2n) is 7.41. The van der Waals surface area contributed by atoms with Crippen LogP contribution in [0, 0.1) is 17.8 Å². The largest absolute Gasteiger partial charge is 0.416 e. The Morgan fingerprint density at radius 1 is 0.929 bits per heavy atom. The molecule has 0 nitrogen and oxygen atoms in total. The van der Waals surface area contributed by atoms with Gasteiger partial charge >= 0.3 is 6.18 Å². The Morgan fingerprint density at radius 2 is 1.57 bits per heavy atom. The minimum atomic E-state index is -4.30. The van der Waals surface area contributed by atoms with Gasteiger partial charge in [0.2, 0.25) is 0 Å². The van der Waals surface area contributed by atoms with Crippen LogP contribution in [0.1, 0.15) is 60.8 Å². The van der Waals surface area contributed by atoms with E-state index in [1.165, 1.54) is 36.1 Å². The van der Waals surface area contributed by atoms with Gasteiger partial charge in [0.15, 0.2) is 0 Å². The number of allylic oxidation sites excluding steroid dienone is 2. The molecule has 1 saturated carbocycles.